The first-order chi connectivity index (χ1) is 8.53. The van der Waals surface area contributed by atoms with Crippen LogP contribution in [0.2, 0.25) is 0 Å². The van der Waals surface area contributed by atoms with Crippen LogP contribution < -0.4 is 5.32 Å². The highest BCUT2D eigenvalue weighted by atomic mass is 16.5. The molecule has 0 aliphatic heterocycles. The van der Waals surface area contributed by atoms with Crippen LogP contribution in [0.5, 0.6) is 0 Å². The number of hydrogen-bond acceptors (Lipinski definition) is 2. The number of hydrogen-bond donors (Lipinski definition) is 1. The van der Waals surface area contributed by atoms with E-state index in [0.29, 0.717) is 6.54 Å². The van der Waals surface area contributed by atoms with Gasteiger partial charge in [-0.25, -0.2) is 4.79 Å². The van der Waals surface area contributed by atoms with Gasteiger partial charge < -0.3 is 10.1 Å². The van der Waals surface area contributed by atoms with Crippen LogP contribution in [0.15, 0.2) is 18.2 Å². The van der Waals surface area contributed by atoms with Gasteiger partial charge in [0.05, 0.1) is 7.11 Å². The quantitative estimate of drug-likeness (QED) is 0.892. The summed E-state index contributed by atoms with van der Waals surface area (Å²) in [7, 11) is 1.39. The molecule has 3 heteroatoms. The van der Waals surface area contributed by atoms with Gasteiger partial charge in [0.25, 0.3) is 0 Å². The average molecular weight is 247 g/mol. The van der Waals surface area contributed by atoms with E-state index >= 15 is 0 Å². The monoisotopic (exact) mass is 247 g/mol. The Labute approximate surface area is 109 Å². The number of rotatable bonds is 3. The Hall–Kier alpha value is -1.51. The van der Waals surface area contributed by atoms with Crippen molar-refractivity contribution >= 4 is 6.09 Å². The van der Waals surface area contributed by atoms with Gasteiger partial charge in [0.15, 0.2) is 0 Å². The molecule has 0 radical (unpaired) electrons. The minimum absolute atomic E-state index is 0.0776. The average Bonchev–Trinajstić information content (AvgIpc) is 2.83. The maximum absolute atomic E-state index is 11.1. The van der Waals surface area contributed by atoms with E-state index in [9.17, 15) is 4.79 Å². The lowest BCUT2D eigenvalue weighted by Crippen LogP contribution is -2.36. The smallest absolute Gasteiger partial charge is 0.406 e. The number of carbonyl (C=O) groups is 1. The van der Waals surface area contributed by atoms with E-state index in [4.69, 9.17) is 0 Å². The molecule has 1 aromatic rings. The van der Waals surface area contributed by atoms with Gasteiger partial charge in [-0.2, -0.15) is 0 Å². The number of fused-ring (bicyclic) bond motifs is 1. The minimum atomic E-state index is -0.371. The molecule has 3 nitrogen and oxygen atoms in total. The van der Waals surface area contributed by atoms with Crippen LogP contribution in [0.1, 0.15) is 37.0 Å². The van der Waals surface area contributed by atoms with Crippen LogP contribution in [0, 0.1) is 0 Å². The standard InChI is InChI=1S/C15H21NO2/c1-15(2,10-16-14(17)18-3)13-8-7-11-5-4-6-12(11)9-13/h7-9H,4-6,10H2,1-3H3,(H,16,17). The fourth-order valence-electron chi connectivity index (χ4n) is 2.46. The second-order valence-corrected chi connectivity index (χ2v) is 5.57. The van der Waals surface area contributed by atoms with Crippen LogP contribution in [0.25, 0.3) is 0 Å². The predicted molar refractivity (Wildman–Crippen MR) is 71.9 cm³/mol. The Balaban J connectivity index is 2.11. The van der Waals surface area contributed by atoms with E-state index in [-0.39, 0.29) is 11.5 Å². The van der Waals surface area contributed by atoms with Crippen molar-refractivity contribution in [2.24, 2.45) is 0 Å². The summed E-state index contributed by atoms with van der Waals surface area (Å²) in [5.41, 5.74) is 4.15. The number of carbonyl (C=O) groups excluding carboxylic acids is 1. The molecule has 0 atom stereocenters. The molecular weight excluding hydrogens is 226 g/mol. The van der Waals surface area contributed by atoms with Gasteiger partial charge in [0, 0.05) is 12.0 Å². The summed E-state index contributed by atoms with van der Waals surface area (Å²) >= 11 is 0. The van der Waals surface area contributed by atoms with Gasteiger partial charge in [-0.1, -0.05) is 32.0 Å². The van der Waals surface area contributed by atoms with E-state index in [1.807, 2.05) is 0 Å². The van der Waals surface area contributed by atoms with E-state index in [0.717, 1.165) is 0 Å². The number of alkyl carbamates (subject to hydrolysis) is 1. The molecular formula is C15H21NO2. The first-order valence-electron chi connectivity index (χ1n) is 6.47. The number of amides is 1. The minimum Gasteiger partial charge on any atom is -0.453 e. The van der Waals surface area contributed by atoms with Gasteiger partial charge in [-0.05, 0) is 36.0 Å². The van der Waals surface area contributed by atoms with Gasteiger partial charge in [0.1, 0.15) is 0 Å². The summed E-state index contributed by atoms with van der Waals surface area (Å²) in [6.45, 7) is 4.86. The molecule has 1 aliphatic carbocycles. The largest absolute Gasteiger partial charge is 0.453 e. The summed E-state index contributed by atoms with van der Waals surface area (Å²) in [5.74, 6) is 0. The molecule has 0 bridgehead atoms. The van der Waals surface area contributed by atoms with Crippen LogP contribution in [0.4, 0.5) is 4.79 Å². The van der Waals surface area contributed by atoms with Crippen molar-refractivity contribution in [1.29, 1.82) is 0 Å². The molecule has 1 N–H and O–H groups in total. The predicted octanol–water partition coefficient (Wildman–Crippen LogP) is 2.81. The Bertz CT molecular complexity index is 452. The maximum Gasteiger partial charge on any atom is 0.406 e. The van der Waals surface area contributed by atoms with Crippen LogP contribution in [-0.4, -0.2) is 19.7 Å². The third kappa shape index (κ3) is 2.66. The molecule has 0 aromatic heterocycles. The molecule has 0 saturated carbocycles. The van der Waals surface area contributed by atoms with Gasteiger partial charge in [0.2, 0.25) is 0 Å². The number of aryl methyl sites for hydroxylation is 2. The molecule has 0 saturated heterocycles. The normalized spacial score (nSPS) is 14.2. The van der Waals surface area contributed by atoms with Crippen LogP contribution in [0.3, 0.4) is 0 Å². The summed E-state index contributed by atoms with van der Waals surface area (Å²) < 4.78 is 4.61. The van der Waals surface area contributed by atoms with Crippen molar-refractivity contribution in [3.63, 3.8) is 0 Å². The molecule has 18 heavy (non-hydrogen) atoms. The number of benzene rings is 1. The molecule has 98 valence electrons. The molecule has 0 fully saturated rings. The zero-order valence-corrected chi connectivity index (χ0v) is 11.4. The maximum atomic E-state index is 11.1. The van der Waals surface area contributed by atoms with Crippen molar-refractivity contribution in [3.05, 3.63) is 34.9 Å². The Morgan fingerprint density at radius 1 is 1.33 bits per heavy atom. The van der Waals surface area contributed by atoms with Crippen molar-refractivity contribution in [2.45, 2.75) is 38.5 Å². The van der Waals surface area contributed by atoms with Crippen molar-refractivity contribution < 1.29 is 9.53 Å². The lowest BCUT2D eigenvalue weighted by atomic mass is 9.83. The lowest BCUT2D eigenvalue weighted by Gasteiger charge is -2.26. The number of nitrogens with one attached hydrogen (secondary N) is 1. The summed E-state index contributed by atoms with van der Waals surface area (Å²) in [6.07, 6.45) is 3.28. The van der Waals surface area contributed by atoms with Gasteiger partial charge in [-0.3, -0.25) is 0 Å². The third-order valence-corrected chi connectivity index (χ3v) is 3.74. The molecule has 2 rings (SSSR count). The van der Waals surface area contributed by atoms with Gasteiger partial charge >= 0.3 is 6.09 Å². The highest BCUT2D eigenvalue weighted by Gasteiger charge is 2.23. The molecule has 1 aliphatic rings. The first-order valence-corrected chi connectivity index (χ1v) is 6.47. The topological polar surface area (TPSA) is 38.3 Å². The Morgan fingerprint density at radius 3 is 2.78 bits per heavy atom. The van der Waals surface area contributed by atoms with E-state index in [1.165, 1.54) is 43.1 Å². The summed E-state index contributed by atoms with van der Waals surface area (Å²) in [5, 5.41) is 2.78. The second kappa shape index (κ2) is 5.01. The molecule has 0 spiro atoms. The zero-order chi connectivity index (χ0) is 13.2. The van der Waals surface area contributed by atoms with Crippen molar-refractivity contribution in [1.82, 2.24) is 5.32 Å². The molecule has 0 heterocycles. The van der Waals surface area contributed by atoms with E-state index in [1.54, 1.807) is 0 Å². The SMILES string of the molecule is COC(=O)NCC(C)(C)c1ccc2c(c1)CCC2. The molecule has 1 aromatic carbocycles. The first kappa shape index (κ1) is 12.9. The summed E-state index contributed by atoms with van der Waals surface area (Å²) in [4.78, 5) is 11.1. The summed E-state index contributed by atoms with van der Waals surface area (Å²) in [6, 6.07) is 6.71. The zero-order valence-electron chi connectivity index (χ0n) is 11.4. The highest BCUT2D eigenvalue weighted by Crippen LogP contribution is 2.29. The van der Waals surface area contributed by atoms with Crippen LogP contribution >= 0.6 is 0 Å². The highest BCUT2D eigenvalue weighted by molar-refractivity contribution is 5.67. The van der Waals surface area contributed by atoms with Crippen molar-refractivity contribution in [3.8, 4) is 0 Å². The fraction of sp³-hybridized carbons (Fsp3) is 0.533. The Morgan fingerprint density at radius 2 is 2.06 bits per heavy atom. The van der Waals surface area contributed by atoms with E-state index < -0.39 is 0 Å². The third-order valence-electron chi connectivity index (χ3n) is 3.74. The van der Waals surface area contributed by atoms with Gasteiger partial charge in [-0.15, -0.1) is 0 Å². The van der Waals surface area contributed by atoms with E-state index in [2.05, 4.69) is 42.1 Å². The van der Waals surface area contributed by atoms with Crippen molar-refractivity contribution in [2.75, 3.05) is 13.7 Å². The molecule has 1 amide bonds. The van der Waals surface area contributed by atoms with Crippen LogP contribution in [-0.2, 0) is 23.0 Å². The number of methoxy groups -OCH3 is 1. The lowest BCUT2D eigenvalue weighted by molar-refractivity contribution is 0.168. The number of ether oxygens (including phenoxy) is 1. The molecule has 0 unspecified atom stereocenters. The second-order valence-electron chi connectivity index (χ2n) is 5.57. The Kier molecular flexibility index (Phi) is 3.60. The fourth-order valence-corrected chi connectivity index (χ4v) is 2.46.